The zero-order valence-electron chi connectivity index (χ0n) is 9.91. The van der Waals surface area contributed by atoms with Gasteiger partial charge in [-0.05, 0) is 38.7 Å². The Kier molecular flexibility index (Phi) is 3.13. The number of aliphatic hydroxyl groups is 1. The Morgan fingerprint density at radius 2 is 1.83 bits per heavy atom. The van der Waals surface area contributed by atoms with E-state index in [1.165, 1.54) is 10.9 Å². The fraction of sp³-hybridized carbons (Fsp3) is 0.125. The number of hydrogen-bond donors (Lipinski definition) is 1. The molecule has 1 N–H and O–H groups in total. The van der Waals surface area contributed by atoms with Gasteiger partial charge in [0.05, 0.1) is 6.10 Å². The topological polar surface area (TPSA) is 20.2 Å². The van der Waals surface area contributed by atoms with Gasteiger partial charge in [-0.25, -0.2) is 0 Å². The van der Waals surface area contributed by atoms with Gasteiger partial charge in [0, 0.05) is 6.42 Å². The van der Waals surface area contributed by atoms with E-state index >= 15 is 0 Å². The molecule has 1 nitrogen and oxygen atoms in total. The first-order chi connectivity index (χ1) is 8.84. The molecule has 0 spiro atoms. The van der Waals surface area contributed by atoms with Crippen LogP contribution >= 0.6 is 11.3 Å². The first-order valence-corrected chi connectivity index (χ1v) is 6.95. The molecule has 0 saturated heterocycles. The molecule has 2 heteroatoms. The second-order valence-electron chi connectivity index (χ2n) is 4.42. The predicted molar refractivity (Wildman–Crippen MR) is 76.9 cm³/mol. The maximum Gasteiger partial charge on any atom is 0.0836 e. The average molecular weight is 254 g/mol. The fourth-order valence-corrected chi connectivity index (χ4v) is 2.96. The second-order valence-corrected chi connectivity index (χ2v) is 5.20. The largest absolute Gasteiger partial charge is 0.388 e. The van der Waals surface area contributed by atoms with Crippen molar-refractivity contribution < 1.29 is 5.11 Å². The average Bonchev–Trinajstić information content (AvgIpc) is 2.91. The molecular weight excluding hydrogens is 240 g/mol. The minimum Gasteiger partial charge on any atom is -0.388 e. The van der Waals surface area contributed by atoms with Crippen molar-refractivity contribution in [2.45, 2.75) is 12.5 Å². The number of hydrogen-bond acceptors (Lipinski definition) is 2. The lowest BCUT2D eigenvalue weighted by Crippen LogP contribution is -2.01. The van der Waals surface area contributed by atoms with E-state index in [2.05, 4.69) is 29.6 Å². The molecule has 0 aliphatic heterocycles. The highest BCUT2D eigenvalue weighted by atomic mass is 32.1. The molecule has 2 aromatic carbocycles. The van der Waals surface area contributed by atoms with Gasteiger partial charge in [0.2, 0.25) is 0 Å². The molecule has 1 aromatic heterocycles. The van der Waals surface area contributed by atoms with Crippen LogP contribution in [0.5, 0.6) is 0 Å². The maximum atomic E-state index is 10.4. The van der Waals surface area contributed by atoms with Crippen molar-refractivity contribution >= 4 is 22.1 Å². The molecule has 3 rings (SSSR count). The van der Waals surface area contributed by atoms with Crippen LogP contribution in [0.3, 0.4) is 0 Å². The lowest BCUT2D eigenvalue weighted by Gasteiger charge is -2.13. The van der Waals surface area contributed by atoms with E-state index in [1.807, 2.05) is 29.6 Å². The van der Waals surface area contributed by atoms with Gasteiger partial charge in [-0.15, -0.1) is 0 Å². The Labute approximate surface area is 110 Å². The molecule has 0 bridgehead atoms. The van der Waals surface area contributed by atoms with Gasteiger partial charge >= 0.3 is 0 Å². The van der Waals surface area contributed by atoms with Gasteiger partial charge in [-0.2, -0.15) is 11.3 Å². The summed E-state index contributed by atoms with van der Waals surface area (Å²) in [5, 5.41) is 16.9. The number of thiophene rings is 1. The van der Waals surface area contributed by atoms with Gasteiger partial charge in [0.1, 0.15) is 0 Å². The minimum absolute atomic E-state index is 0.439. The molecule has 0 fully saturated rings. The fourth-order valence-electron chi connectivity index (χ4n) is 2.28. The molecule has 0 aliphatic carbocycles. The Bertz CT molecular complexity index is 638. The van der Waals surface area contributed by atoms with Gasteiger partial charge < -0.3 is 5.11 Å². The first-order valence-electron chi connectivity index (χ1n) is 6.01. The van der Waals surface area contributed by atoms with E-state index in [1.54, 1.807) is 11.3 Å². The Morgan fingerprint density at radius 1 is 1.00 bits per heavy atom. The molecule has 90 valence electrons. The number of rotatable bonds is 3. The first kappa shape index (κ1) is 11.5. The van der Waals surface area contributed by atoms with E-state index in [0.29, 0.717) is 6.42 Å². The van der Waals surface area contributed by atoms with Crippen molar-refractivity contribution in [2.24, 2.45) is 0 Å². The molecular formula is C16H14OS. The molecule has 1 heterocycles. The van der Waals surface area contributed by atoms with Gasteiger partial charge in [-0.1, -0.05) is 42.5 Å². The zero-order chi connectivity index (χ0) is 12.4. The highest BCUT2D eigenvalue weighted by Crippen LogP contribution is 2.27. The third-order valence-corrected chi connectivity index (χ3v) is 3.92. The predicted octanol–water partition coefficient (Wildman–Crippen LogP) is 4.18. The molecule has 0 amide bonds. The molecule has 0 aliphatic rings. The third kappa shape index (κ3) is 2.17. The maximum absolute atomic E-state index is 10.4. The summed E-state index contributed by atoms with van der Waals surface area (Å²) in [5.41, 5.74) is 2.21. The van der Waals surface area contributed by atoms with Crippen LogP contribution in [-0.4, -0.2) is 5.11 Å². The van der Waals surface area contributed by atoms with Crippen molar-refractivity contribution in [3.63, 3.8) is 0 Å². The molecule has 0 saturated carbocycles. The second kappa shape index (κ2) is 4.92. The van der Waals surface area contributed by atoms with E-state index in [9.17, 15) is 5.11 Å². The van der Waals surface area contributed by atoms with E-state index < -0.39 is 6.10 Å². The van der Waals surface area contributed by atoms with Crippen LogP contribution in [-0.2, 0) is 6.42 Å². The number of fused-ring (bicyclic) bond motifs is 1. The van der Waals surface area contributed by atoms with Crippen molar-refractivity contribution in [2.75, 3.05) is 0 Å². The summed E-state index contributed by atoms with van der Waals surface area (Å²) in [5.74, 6) is 0. The van der Waals surface area contributed by atoms with Crippen LogP contribution in [0.4, 0.5) is 0 Å². The number of benzene rings is 2. The van der Waals surface area contributed by atoms with Crippen LogP contribution in [0.2, 0.25) is 0 Å². The van der Waals surface area contributed by atoms with Crippen LogP contribution in [0.1, 0.15) is 17.2 Å². The van der Waals surface area contributed by atoms with Crippen LogP contribution in [0.25, 0.3) is 10.8 Å². The highest BCUT2D eigenvalue weighted by Gasteiger charge is 2.11. The smallest absolute Gasteiger partial charge is 0.0836 e. The van der Waals surface area contributed by atoms with E-state index in [4.69, 9.17) is 0 Å². The molecule has 1 unspecified atom stereocenters. The summed E-state index contributed by atoms with van der Waals surface area (Å²) >= 11 is 1.67. The minimum atomic E-state index is -0.439. The van der Waals surface area contributed by atoms with Crippen molar-refractivity contribution in [3.05, 3.63) is 70.4 Å². The Balaban J connectivity index is 1.98. The van der Waals surface area contributed by atoms with Crippen molar-refractivity contribution in [3.8, 4) is 0 Å². The summed E-state index contributed by atoms with van der Waals surface area (Å²) in [6.07, 6.45) is 0.239. The number of aliphatic hydroxyl groups excluding tert-OH is 1. The summed E-state index contributed by atoms with van der Waals surface area (Å²) < 4.78 is 0. The molecule has 1 atom stereocenters. The SMILES string of the molecule is OC(Cc1ccsc1)c1cccc2ccccc12. The highest BCUT2D eigenvalue weighted by molar-refractivity contribution is 7.07. The molecule has 18 heavy (non-hydrogen) atoms. The Hall–Kier alpha value is -1.64. The van der Waals surface area contributed by atoms with E-state index in [-0.39, 0.29) is 0 Å². The quantitative estimate of drug-likeness (QED) is 0.743. The Morgan fingerprint density at radius 3 is 2.67 bits per heavy atom. The van der Waals surface area contributed by atoms with Crippen molar-refractivity contribution in [1.82, 2.24) is 0 Å². The summed E-state index contributed by atoms with van der Waals surface area (Å²) in [6, 6.07) is 16.4. The third-order valence-electron chi connectivity index (χ3n) is 3.19. The molecule has 3 aromatic rings. The standard InChI is InChI=1S/C16H14OS/c17-16(10-12-8-9-18-11-12)15-7-3-5-13-4-1-2-6-14(13)15/h1-9,11,16-17H,10H2. The van der Waals surface area contributed by atoms with Crippen LogP contribution in [0, 0.1) is 0 Å². The summed E-state index contributed by atoms with van der Waals surface area (Å²) in [7, 11) is 0. The molecule has 0 radical (unpaired) electrons. The normalized spacial score (nSPS) is 12.7. The van der Waals surface area contributed by atoms with Crippen molar-refractivity contribution in [1.29, 1.82) is 0 Å². The monoisotopic (exact) mass is 254 g/mol. The lowest BCUT2D eigenvalue weighted by atomic mass is 9.97. The lowest BCUT2D eigenvalue weighted by molar-refractivity contribution is 0.180. The van der Waals surface area contributed by atoms with Crippen LogP contribution in [0.15, 0.2) is 59.3 Å². The summed E-state index contributed by atoms with van der Waals surface area (Å²) in [4.78, 5) is 0. The van der Waals surface area contributed by atoms with Gasteiger partial charge in [-0.3, -0.25) is 0 Å². The van der Waals surface area contributed by atoms with Gasteiger partial charge in [0.15, 0.2) is 0 Å². The van der Waals surface area contributed by atoms with Gasteiger partial charge in [0.25, 0.3) is 0 Å². The summed E-state index contributed by atoms with van der Waals surface area (Å²) in [6.45, 7) is 0. The zero-order valence-corrected chi connectivity index (χ0v) is 10.7. The van der Waals surface area contributed by atoms with Crippen LogP contribution < -0.4 is 0 Å². The van der Waals surface area contributed by atoms with E-state index in [0.717, 1.165) is 10.9 Å².